The van der Waals surface area contributed by atoms with Gasteiger partial charge >= 0.3 is 0 Å². The first-order valence-electron chi connectivity index (χ1n) is 7.76. The number of hydrogen-bond acceptors (Lipinski definition) is 4. The Morgan fingerprint density at radius 2 is 1.85 bits per heavy atom. The number of hydrogen-bond donors (Lipinski definition) is 3. The topological polar surface area (TPSA) is 111 Å². The average Bonchev–Trinajstić information content (AvgIpc) is 2.62. The number of carbonyl (C=O) groups is 3. The minimum atomic E-state index is -0.571. The van der Waals surface area contributed by atoms with E-state index in [0.29, 0.717) is 22.7 Å². The molecule has 0 radical (unpaired) electrons. The van der Waals surface area contributed by atoms with Crippen LogP contribution >= 0.6 is 0 Å². The number of rotatable bonds is 7. The molecule has 4 N–H and O–H groups in total. The first kappa shape index (κ1) is 18.7. The SMILES string of the molecule is C=CC(=O)Nc1ccccc1C(=O)Nc1ccc(OCC(N)=O)cc1C. The van der Waals surface area contributed by atoms with E-state index in [1.165, 1.54) is 0 Å². The lowest BCUT2D eigenvalue weighted by molar-refractivity contribution is -0.120. The van der Waals surface area contributed by atoms with Crippen molar-refractivity contribution >= 4 is 29.1 Å². The molecule has 2 rings (SSSR count). The van der Waals surface area contributed by atoms with Gasteiger partial charge in [-0.25, -0.2) is 0 Å². The van der Waals surface area contributed by atoms with Crippen LogP contribution in [-0.2, 0) is 9.59 Å². The number of benzene rings is 2. The standard InChI is InChI=1S/C19H19N3O4/c1-3-18(24)21-16-7-5-4-6-14(16)19(25)22-15-9-8-13(10-12(15)2)26-11-17(20)23/h3-10H,1,11H2,2H3,(H2,20,23)(H,21,24)(H,22,25). The van der Waals surface area contributed by atoms with Crippen molar-refractivity contribution in [3.63, 3.8) is 0 Å². The molecule has 0 aliphatic carbocycles. The highest BCUT2D eigenvalue weighted by Gasteiger charge is 2.13. The molecule has 7 nitrogen and oxygen atoms in total. The molecule has 0 saturated carbocycles. The second-order valence-electron chi connectivity index (χ2n) is 5.42. The largest absolute Gasteiger partial charge is 0.484 e. The van der Waals surface area contributed by atoms with Gasteiger partial charge in [0.2, 0.25) is 5.91 Å². The van der Waals surface area contributed by atoms with Crippen molar-refractivity contribution in [2.75, 3.05) is 17.2 Å². The van der Waals surface area contributed by atoms with Gasteiger partial charge in [-0.2, -0.15) is 0 Å². The Labute approximate surface area is 150 Å². The molecule has 0 atom stereocenters. The number of amides is 3. The van der Waals surface area contributed by atoms with Crippen LogP contribution < -0.4 is 21.1 Å². The molecule has 0 aromatic heterocycles. The first-order valence-corrected chi connectivity index (χ1v) is 7.76. The van der Waals surface area contributed by atoms with Crippen molar-refractivity contribution in [3.8, 4) is 5.75 Å². The molecule has 0 spiro atoms. The van der Waals surface area contributed by atoms with E-state index < -0.39 is 11.8 Å². The average molecular weight is 353 g/mol. The maximum Gasteiger partial charge on any atom is 0.257 e. The minimum absolute atomic E-state index is 0.221. The maximum absolute atomic E-state index is 12.6. The van der Waals surface area contributed by atoms with Gasteiger partial charge in [0, 0.05) is 5.69 Å². The third-order valence-corrected chi connectivity index (χ3v) is 3.44. The van der Waals surface area contributed by atoms with Crippen molar-refractivity contribution in [2.45, 2.75) is 6.92 Å². The molecule has 0 aliphatic rings. The molecule has 7 heteroatoms. The molecular weight excluding hydrogens is 334 g/mol. The Balaban J connectivity index is 2.16. The van der Waals surface area contributed by atoms with Crippen molar-refractivity contribution in [3.05, 3.63) is 66.2 Å². The number of aryl methyl sites for hydroxylation is 1. The second kappa shape index (κ2) is 8.48. The van der Waals surface area contributed by atoms with Crippen molar-refractivity contribution in [1.82, 2.24) is 0 Å². The number of anilines is 2. The van der Waals surface area contributed by atoms with E-state index in [1.54, 1.807) is 49.4 Å². The number of ether oxygens (including phenoxy) is 1. The van der Waals surface area contributed by atoms with Crippen LogP contribution in [0, 0.1) is 6.92 Å². The van der Waals surface area contributed by atoms with E-state index in [2.05, 4.69) is 17.2 Å². The lowest BCUT2D eigenvalue weighted by atomic mass is 10.1. The van der Waals surface area contributed by atoms with E-state index in [0.717, 1.165) is 11.6 Å². The molecule has 0 heterocycles. The Hall–Kier alpha value is -3.61. The molecule has 0 aliphatic heterocycles. The van der Waals surface area contributed by atoms with E-state index in [9.17, 15) is 14.4 Å². The van der Waals surface area contributed by atoms with Crippen LogP contribution in [0.2, 0.25) is 0 Å². The monoisotopic (exact) mass is 353 g/mol. The van der Waals surface area contributed by atoms with Crippen LogP contribution in [0.3, 0.4) is 0 Å². The lowest BCUT2D eigenvalue weighted by Gasteiger charge is -2.13. The smallest absolute Gasteiger partial charge is 0.257 e. The number of para-hydroxylation sites is 1. The molecule has 26 heavy (non-hydrogen) atoms. The van der Waals surface area contributed by atoms with Gasteiger partial charge in [0.05, 0.1) is 11.3 Å². The summed E-state index contributed by atoms with van der Waals surface area (Å²) in [6, 6.07) is 11.6. The van der Waals surface area contributed by atoms with Gasteiger partial charge in [-0.05, 0) is 48.9 Å². The predicted octanol–water partition coefficient (Wildman–Crippen LogP) is 2.24. The number of carbonyl (C=O) groups excluding carboxylic acids is 3. The Morgan fingerprint density at radius 3 is 2.50 bits per heavy atom. The van der Waals surface area contributed by atoms with Gasteiger partial charge in [-0.15, -0.1) is 0 Å². The van der Waals surface area contributed by atoms with Gasteiger partial charge in [0.25, 0.3) is 11.8 Å². The normalized spacial score (nSPS) is 9.88. The summed E-state index contributed by atoms with van der Waals surface area (Å²) in [5.41, 5.74) is 7.06. The molecule has 134 valence electrons. The molecule has 0 saturated heterocycles. The molecular formula is C19H19N3O4. The van der Waals surface area contributed by atoms with Gasteiger partial charge in [0.1, 0.15) is 5.75 Å². The summed E-state index contributed by atoms with van der Waals surface area (Å²) in [4.78, 5) is 34.8. The molecule has 2 aromatic carbocycles. The molecule has 3 amide bonds. The van der Waals surface area contributed by atoms with E-state index in [1.807, 2.05) is 0 Å². The van der Waals surface area contributed by atoms with Crippen LogP contribution in [-0.4, -0.2) is 24.3 Å². The van der Waals surface area contributed by atoms with Crippen LogP contribution in [0.5, 0.6) is 5.75 Å². The summed E-state index contributed by atoms with van der Waals surface area (Å²) in [5, 5.41) is 5.38. The van der Waals surface area contributed by atoms with E-state index in [4.69, 9.17) is 10.5 Å². The summed E-state index contributed by atoms with van der Waals surface area (Å²) in [7, 11) is 0. The fourth-order valence-electron chi connectivity index (χ4n) is 2.18. The Bertz CT molecular complexity index is 862. The van der Waals surface area contributed by atoms with E-state index in [-0.39, 0.29) is 12.5 Å². The van der Waals surface area contributed by atoms with Crippen molar-refractivity contribution in [1.29, 1.82) is 0 Å². The fourth-order valence-corrected chi connectivity index (χ4v) is 2.18. The highest BCUT2D eigenvalue weighted by Crippen LogP contribution is 2.23. The van der Waals surface area contributed by atoms with Crippen LogP contribution in [0.15, 0.2) is 55.1 Å². The van der Waals surface area contributed by atoms with Gasteiger partial charge < -0.3 is 21.1 Å². The zero-order valence-electron chi connectivity index (χ0n) is 14.2. The molecule has 0 fully saturated rings. The quantitative estimate of drug-likeness (QED) is 0.663. The summed E-state index contributed by atoms with van der Waals surface area (Å²) < 4.78 is 5.22. The summed E-state index contributed by atoms with van der Waals surface area (Å²) in [6.07, 6.45) is 1.13. The van der Waals surface area contributed by atoms with E-state index >= 15 is 0 Å². The zero-order valence-corrected chi connectivity index (χ0v) is 14.2. The lowest BCUT2D eigenvalue weighted by Crippen LogP contribution is -2.20. The Morgan fingerprint density at radius 1 is 1.12 bits per heavy atom. The molecule has 2 aromatic rings. The molecule has 0 unspecified atom stereocenters. The highest BCUT2D eigenvalue weighted by atomic mass is 16.5. The van der Waals surface area contributed by atoms with Crippen LogP contribution in [0.4, 0.5) is 11.4 Å². The van der Waals surface area contributed by atoms with Crippen molar-refractivity contribution in [2.24, 2.45) is 5.73 Å². The summed E-state index contributed by atoms with van der Waals surface area (Å²) in [5.74, 6) is -0.882. The van der Waals surface area contributed by atoms with Crippen LogP contribution in [0.25, 0.3) is 0 Å². The van der Waals surface area contributed by atoms with Gasteiger partial charge in [0.15, 0.2) is 6.61 Å². The van der Waals surface area contributed by atoms with Gasteiger partial charge in [-0.1, -0.05) is 18.7 Å². The van der Waals surface area contributed by atoms with Crippen molar-refractivity contribution < 1.29 is 19.1 Å². The van der Waals surface area contributed by atoms with Gasteiger partial charge in [-0.3, -0.25) is 14.4 Å². The number of primary amides is 1. The molecule has 0 bridgehead atoms. The Kier molecular flexibility index (Phi) is 6.10. The number of nitrogens with two attached hydrogens (primary N) is 1. The summed E-state index contributed by atoms with van der Waals surface area (Å²) in [6.45, 7) is 4.96. The zero-order chi connectivity index (χ0) is 19.1. The third-order valence-electron chi connectivity index (χ3n) is 3.44. The predicted molar refractivity (Wildman–Crippen MR) is 99.1 cm³/mol. The first-order chi connectivity index (χ1) is 12.4. The fraction of sp³-hybridized carbons (Fsp3) is 0.105. The second-order valence-corrected chi connectivity index (χ2v) is 5.42. The maximum atomic E-state index is 12.6. The summed E-state index contributed by atoms with van der Waals surface area (Å²) >= 11 is 0. The highest BCUT2D eigenvalue weighted by molar-refractivity contribution is 6.11. The number of nitrogens with one attached hydrogen (secondary N) is 2. The van der Waals surface area contributed by atoms with Crippen LogP contribution in [0.1, 0.15) is 15.9 Å². The minimum Gasteiger partial charge on any atom is -0.484 e. The third kappa shape index (κ3) is 4.94.